The Balaban J connectivity index is 1.68. The fourth-order valence-electron chi connectivity index (χ4n) is 5.00. The predicted octanol–water partition coefficient (Wildman–Crippen LogP) is 4.57. The molecule has 1 aliphatic rings. The van der Waals surface area contributed by atoms with Crippen LogP contribution in [0.25, 0.3) is 0 Å². The molecule has 0 aromatic heterocycles. The highest BCUT2D eigenvalue weighted by atomic mass is 32.2. The Morgan fingerprint density at radius 1 is 0.976 bits per heavy atom. The Kier molecular flexibility index (Phi) is 10.3. The van der Waals surface area contributed by atoms with E-state index in [1.807, 2.05) is 54.6 Å². The van der Waals surface area contributed by atoms with Crippen LogP contribution in [-0.4, -0.2) is 69.2 Å². The molecule has 2 amide bonds. The molecule has 1 saturated heterocycles. The molecule has 4 rings (SSSR count). The van der Waals surface area contributed by atoms with Crippen LogP contribution in [0.3, 0.4) is 0 Å². The number of carbonyl (C=O) groups is 2. The van der Waals surface area contributed by atoms with Crippen molar-refractivity contribution in [2.24, 2.45) is 0 Å². The summed E-state index contributed by atoms with van der Waals surface area (Å²) < 4.78 is 32.0. The SMILES string of the molecule is C=CCOC(=O)N1C[C@@H](SC(c2ccccc2)(c2ccccc2)c2ccccc2)C[C@H]1C(=O)NCCOS(C)(=O)=O. The summed E-state index contributed by atoms with van der Waals surface area (Å²) in [5, 5.41) is 2.57. The average Bonchev–Trinajstić information content (AvgIpc) is 3.41. The van der Waals surface area contributed by atoms with Gasteiger partial charge in [-0.05, 0) is 23.1 Å². The van der Waals surface area contributed by atoms with Gasteiger partial charge in [0.2, 0.25) is 5.91 Å². The minimum atomic E-state index is -3.63. The first-order valence-corrected chi connectivity index (χ1v) is 15.9. The molecular weight excluding hydrogens is 560 g/mol. The van der Waals surface area contributed by atoms with Gasteiger partial charge < -0.3 is 10.1 Å². The Morgan fingerprint density at radius 2 is 1.49 bits per heavy atom. The zero-order chi connectivity index (χ0) is 29.3. The highest BCUT2D eigenvalue weighted by Crippen LogP contribution is 2.52. The number of nitrogens with one attached hydrogen (secondary N) is 1. The Labute approximate surface area is 245 Å². The number of rotatable bonds is 12. The summed E-state index contributed by atoms with van der Waals surface area (Å²) in [6.07, 6.45) is 2.19. The van der Waals surface area contributed by atoms with Gasteiger partial charge in [0.1, 0.15) is 12.6 Å². The van der Waals surface area contributed by atoms with E-state index in [0.29, 0.717) is 6.42 Å². The van der Waals surface area contributed by atoms with Crippen LogP contribution >= 0.6 is 11.8 Å². The lowest BCUT2D eigenvalue weighted by atomic mass is 9.84. The van der Waals surface area contributed by atoms with Gasteiger partial charge in [0.15, 0.2) is 0 Å². The fraction of sp³-hybridized carbons (Fsp3) is 0.290. The van der Waals surface area contributed by atoms with E-state index in [2.05, 4.69) is 48.3 Å². The first-order chi connectivity index (χ1) is 19.7. The molecule has 0 aliphatic carbocycles. The van der Waals surface area contributed by atoms with Crippen molar-refractivity contribution in [1.82, 2.24) is 10.2 Å². The molecule has 1 fully saturated rings. The number of hydrogen-bond acceptors (Lipinski definition) is 7. The molecule has 41 heavy (non-hydrogen) atoms. The van der Waals surface area contributed by atoms with Crippen molar-refractivity contribution in [3.8, 4) is 0 Å². The van der Waals surface area contributed by atoms with Crippen LogP contribution in [0.4, 0.5) is 4.79 Å². The second-order valence-corrected chi connectivity index (χ2v) is 12.8. The molecule has 216 valence electrons. The van der Waals surface area contributed by atoms with Gasteiger partial charge in [-0.2, -0.15) is 8.42 Å². The molecule has 3 aromatic rings. The van der Waals surface area contributed by atoms with E-state index >= 15 is 0 Å². The van der Waals surface area contributed by atoms with Crippen LogP contribution < -0.4 is 5.32 Å². The normalized spacial score (nSPS) is 17.1. The summed E-state index contributed by atoms with van der Waals surface area (Å²) in [5.74, 6) is -0.398. The molecule has 1 aliphatic heterocycles. The standard InChI is InChI=1S/C31H34N2O6S2/c1-3-20-38-30(35)33-23-27(22-28(33)29(34)32-19-21-39-41(2,36)37)40-31(24-13-7-4-8-14-24,25-15-9-5-10-16-25)26-17-11-6-12-18-26/h3-18,27-28H,1,19-23H2,2H3,(H,32,34)/t27-,28-/m0/s1. The number of hydrogen-bond donors (Lipinski definition) is 1. The first-order valence-electron chi connectivity index (χ1n) is 13.3. The number of carbonyl (C=O) groups excluding carboxylic acids is 2. The van der Waals surface area contributed by atoms with Gasteiger partial charge in [0, 0.05) is 18.3 Å². The summed E-state index contributed by atoms with van der Waals surface area (Å²) in [5.41, 5.74) is 3.23. The van der Waals surface area contributed by atoms with Crippen molar-refractivity contribution < 1.29 is 26.9 Å². The van der Waals surface area contributed by atoms with Crippen molar-refractivity contribution in [1.29, 1.82) is 0 Å². The summed E-state index contributed by atoms with van der Waals surface area (Å²) in [4.78, 5) is 27.8. The van der Waals surface area contributed by atoms with E-state index in [9.17, 15) is 18.0 Å². The van der Waals surface area contributed by atoms with Crippen LogP contribution in [0.2, 0.25) is 0 Å². The molecule has 0 spiro atoms. The van der Waals surface area contributed by atoms with E-state index in [-0.39, 0.29) is 31.6 Å². The largest absolute Gasteiger partial charge is 0.445 e. The lowest BCUT2D eigenvalue weighted by Gasteiger charge is -2.37. The first kappa shape index (κ1) is 30.4. The molecule has 0 unspecified atom stereocenters. The van der Waals surface area contributed by atoms with Crippen LogP contribution in [0.15, 0.2) is 104 Å². The van der Waals surface area contributed by atoms with Gasteiger partial charge in [0.25, 0.3) is 10.1 Å². The molecule has 0 radical (unpaired) electrons. The molecule has 1 N–H and O–H groups in total. The number of benzene rings is 3. The second kappa shape index (κ2) is 13.8. The third-order valence-electron chi connectivity index (χ3n) is 6.71. The summed E-state index contributed by atoms with van der Waals surface area (Å²) in [6, 6.07) is 29.8. The Bertz CT molecular complexity index is 1320. The van der Waals surface area contributed by atoms with Crippen LogP contribution in [0.5, 0.6) is 0 Å². The highest BCUT2D eigenvalue weighted by molar-refractivity contribution is 8.01. The number of amides is 2. The van der Waals surface area contributed by atoms with Gasteiger partial charge >= 0.3 is 6.09 Å². The average molecular weight is 595 g/mol. The summed E-state index contributed by atoms with van der Waals surface area (Å²) in [7, 11) is -3.63. The predicted molar refractivity (Wildman–Crippen MR) is 161 cm³/mol. The Hall–Kier alpha value is -3.60. The van der Waals surface area contributed by atoms with Crippen LogP contribution in [0.1, 0.15) is 23.1 Å². The van der Waals surface area contributed by atoms with Crippen molar-refractivity contribution in [3.05, 3.63) is 120 Å². The maximum absolute atomic E-state index is 13.3. The zero-order valence-corrected chi connectivity index (χ0v) is 24.5. The summed E-state index contributed by atoms with van der Waals surface area (Å²) >= 11 is 1.70. The molecule has 8 nitrogen and oxygen atoms in total. The van der Waals surface area contributed by atoms with Crippen LogP contribution in [0, 0.1) is 0 Å². The van der Waals surface area contributed by atoms with Crippen molar-refractivity contribution in [3.63, 3.8) is 0 Å². The maximum Gasteiger partial charge on any atom is 0.410 e. The monoisotopic (exact) mass is 594 g/mol. The molecule has 2 atom stereocenters. The fourth-order valence-corrected chi connectivity index (χ4v) is 7.22. The van der Waals surface area contributed by atoms with Gasteiger partial charge in [0.05, 0.1) is 17.6 Å². The topological polar surface area (TPSA) is 102 Å². The Morgan fingerprint density at radius 3 is 1.95 bits per heavy atom. The van der Waals surface area contributed by atoms with Crippen LogP contribution in [-0.2, 0) is 28.6 Å². The maximum atomic E-state index is 13.3. The van der Waals surface area contributed by atoms with Gasteiger partial charge in [-0.25, -0.2) is 4.79 Å². The van der Waals surface area contributed by atoms with E-state index in [0.717, 1.165) is 22.9 Å². The quantitative estimate of drug-likeness (QED) is 0.142. The molecular formula is C31H34N2O6S2. The van der Waals surface area contributed by atoms with Crippen molar-refractivity contribution in [2.75, 3.05) is 32.6 Å². The van der Waals surface area contributed by atoms with Gasteiger partial charge in [-0.3, -0.25) is 13.9 Å². The van der Waals surface area contributed by atoms with Gasteiger partial charge in [-0.15, -0.1) is 11.8 Å². The summed E-state index contributed by atoms with van der Waals surface area (Å²) in [6.45, 7) is 3.69. The number of ether oxygens (including phenoxy) is 1. The highest BCUT2D eigenvalue weighted by Gasteiger charge is 2.46. The van der Waals surface area contributed by atoms with E-state index in [1.54, 1.807) is 11.8 Å². The lowest BCUT2D eigenvalue weighted by molar-refractivity contribution is -0.125. The zero-order valence-electron chi connectivity index (χ0n) is 22.8. The van der Waals surface area contributed by atoms with Crippen molar-refractivity contribution in [2.45, 2.75) is 22.5 Å². The van der Waals surface area contributed by atoms with Crippen molar-refractivity contribution >= 4 is 33.9 Å². The molecule has 0 saturated carbocycles. The third-order valence-corrected chi connectivity index (χ3v) is 9.04. The minimum Gasteiger partial charge on any atom is -0.445 e. The minimum absolute atomic E-state index is 0.0161. The molecule has 0 bridgehead atoms. The van der Waals surface area contributed by atoms with E-state index < -0.39 is 32.9 Å². The van der Waals surface area contributed by atoms with E-state index in [4.69, 9.17) is 8.92 Å². The molecule has 1 heterocycles. The third kappa shape index (κ3) is 7.58. The number of thioether (sulfide) groups is 1. The number of likely N-dealkylation sites (tertiary alicyclic amines) is 1. The number of nitrogens with zero attached hydrogens (tertiary/aromatic N) is 1. The molecule has 10 heteroatoms. The second-order valence-electron chi connectivity index (χ2n) is 9.61. The smallest absolute Gasteiger partial charge is 0.410 e. The lowest BCUT2D eigenvalue weighted by Crippen LogP contribution is -2.46. The van der Waals surface area contributed by atoms with E-state index in [1.165, 1.54) is 11.0 Å². The van der Waals surface area contributed by atoms with Gasteiger partial charge in [-0.1, -0.05) is 104 Å². The molecule has 3 aromatic carbocycles.